The smallest absolute Gasteiger partial charge is 0.241 e. The van der Waals surface area contributed by atoms with Gasteiger partial charge < -0.3 is 15.7 Å². The Morgan fingerprint density at radius 3 is 2.22 bits per heavy atom. The first-order valence-electron chi connectivity index (χ1n) is 13.7. The maximum atomic E-state index is 13.2. The van der Waals surface area contributed by atoms with Gasteiger partial charge in [0.15, 0.2) is 0 Å². The number of piperidine rings is 1. The second kappa shape index (κ2) is 10.4. The molecule has 194 valence electrons. The van der Waals surface area contributed by atoms with Gasteiger partial charge in [-0.25, -0.2) is 0 Å². The zero-order valence-corrected chi connectivity index (χ0v) is 22.9. The molecular weight excluding hydrogens is 444 g/mol. The SMILES string of the molecule is CC(C)(C)c1cc(C=Cc2ccccc2NC(=O)[C@@H]2CC[C@H]3CCCCC3N2)cc(C(C)(C)C)c1O. The lowest BCUT2D eigenvalue weighted by atomic mass is 9.77. The predicted molar refractivity (Wildman–Crippen MR) is 151 cm³/mol. The van der Waals surface area contributed by atoms with Crippen LogP contribution in [-0.2, 0) is 15.6 Å². The predicted octanol–water partition coefficient (Wildman–Crippen LogP) is 7.41. The second-order valence-corrected chi connectivity index (χ2v) is 12.8. The van der Waals surface area contributed by atoms with Crippen molar-refractivity contribution in [2.45, 2.75) is 103 Å². The van der Waals surface area contributed by atoms with Gasteiger partial charge in [0, 0.05) is 22.9 Å². The molecule has 4 rings (SSSR count). The van der Waals surface area contributed by atoms with Crippen molar-refractivity contribution in [1.82, 2.24) is 5.32 Å². The van der Waals surface area contributed by atoms with Gasteiger partial charge in [-0.15, -0.1) is 0 Å². The number of fused-ring (bicyclic) bond motifs is 1. The van der Waals surface area contributed by atoms with Crippen LogP contribution in [0.4, 0.5) is 5.69 Å². The maximum absolute atomic E-state index is 13.2. The Hall–Kier alpha value is -2.59. The van der Waals surface area contributed by atoms with Crippen LogP contribution in [0.15, 0.2) is 36.4 Å². The first-order valence-corrected chi connectivity index (χ1v) is 13.7. The number of phenols is 1. The zero-order chi connectivity index (χ0) is 26.1. The Morgan fingerprint density at radius 1 is 0.917 bits per heavy atom. The third kappa shape index (κ3) is 6.03. The fraction of sp³-hybridized carbons (Fsp3) is 0.531. The highest BCUT2D eigenvalue weighted by Gasteiger charge is 2.34. The minimum absolute atomic E-state index is 0.0644. The Kier molecular flexibility index (Phi) is 7.66. The number of benzene rings is 2. The molecule has 1 unspecified atom stereocenters. The van der Waals surface area contributed by atoms with Crippen LogP contribution in [-0.4, -0.2) is 23.1 Å². The van der Waals surface area contributed by atoms with Gasteiger partial charge in [0.25, 0.3) is 0 Å². The van der Waals surface area contributed by atoms with Crippen LogP contribution in [0.2, 0.25) is 0 Å². The van der Waals surface area contributed by atoms with Crippen molar-refractivity contribution in [3.63, 3.8) is 0 Å². The number of aromatic hydroxyl groups is 1. The van der Waals surface area contributed by atoms with Gasteiger partial charge in [0.05, 0.1) is 6.04 Å². The van der Waals surface area contributed by atoms with Crippen LogP contribution >= 0.6 is 0 Å². The minimum Gasteiger partial charge on any atom is -0.507 e. The van der Waals surface area contributed by atoms with Gasteiger partial charge in [0.2, 0.25) is 5.91 Å². The van der Waals surface area contributed by atoms with Crippen molar-refractivity contribution < 1.29 is 9.90 Å². The third-order valence-electron chi connectivity index (χ3n) is 7.89. The summed E-state index contributed by atoms with van der Waals surface area (Å²) in [4.78, 5) is 13.2. The molecule has 1 saturated carbocycles. The van der Waals surface area contributed by atoms with E-state index in [4.69, 9.17) is 0 Å². The molecule has 1 saturated heterocycles. The van der Waals surface area contributed by atoms with Gasteiger partial charge in [0.1, 0.15) is 5.75 Å². The van der Waals surface area contributed by atoms with E-state index in [1.165, 1.54) is 25.7 Å². The molecule has 0 aromatic heterocycles. The van der Waals surface area contributed by atoms with E-state index >= 15 is 0 Å². The molecule has 2 fully saturated rings. The van der Waals surface area contributed by atoms with E-state index in [0.717, 1.165) is 46.7 Å². The van der Waals surface area contributed by atoms with E-state index in [1.54, 1.807) is 0 Å². The number of hydrogen-bond acceptors (Lipinski definition) is 3. The summed E-state index contributed by atoms with van der Waals surface area (Å²) < 4.78 is 0. The highest BCUT2D eigenvalue weighted by molar-refractivity contribution is 5.97. The summed E-state index contributed by atoms with van der Waals surface area (Å²) in [5, 5.41) is 17.9. The molecular formula is C32H44N2O2. The van der Waals surface area contributed by atoms with Crippen molar-refractivity contribution in [2.75, 3.05) is 5.32 Å². The number of amides is 1. The first kappa shape index (κ1) is 26.5. The summed E-state index contributed by atoms with van der Waals surface area (Å²) in [6.45, 7) is 12.8. The minimum atomic E-state index is -0.176. The van der Waals surface area contributed by atoms with Crippen LogP contribution in [0, 0.1) is 5.92 Å². The molecule has 3 N–H and O–H groups in total. The number of carbonyl (C=O) groups is 1. The number of para-hydroxylation sites is 1. The molecule has 2 aromatic rings. The lowest BCUT2D eigenvalue weighted by Gasteiger charge is -2.39. The normalized spacial score (nSPS) is 22.9. The Labute approximate surface area is 217 Å². The van der Waals surface area contributed by atoms with Gasteiger partial charge in [-0.3, -0.25) is 4.79 Å². The van der Waals surface area contributed by atoms with Gasteiger partial charge in [-0.05, 0) is 71.8 Å². The number of phenolic OH excluding ortho intramolecular Hbond substituents is 1. The number of anilines is 1. The number of rotatable bonds is 4. The fourth-order valence-corrected chi connectivity index (χ4v) is 5.76. The van der Waals surface area contributed by atoms with Crippen LogP contribution in [0.1, 0.15) is 102 Å². The van der Waals surface area contributed by atoms with E-state index < -0.39 is 0 Å². The molecule has 4 heteroatoms. The number of hydrogen-bond donors (Lipinski definition) is 3. The summed E-state index contributed by atoms with van der Waals surface area (Å²) in [7, 11) is 0. The van der Waals surface area contributed by atoms with Crippen molar-refractivity contribution >= 4 is 23.7 Å². The molecule has 4 nitrogen and oxygen atoms in total. The fourth-order valence-electron chi connectivity index (χ4n) is 5.76. The van der Waals surface area contributed by atoms with Crippen LogP contribution < -0.4 is 10.6 Å². The van der Waals surface area contributed by atoms with Crippen molar-refractivity contribution in [2.24, 2.45) is 5.92 Å². The lowest BCUT2D eigenvalue weighted by Crippen LogP contribution is -2.53. The van der Waals surface area contributed by atoms with Crippen LogP contribution in [0.5, 0.6) is 5.75 Å². The zero-order valence-electron chi connectivity index (χ0n) is 22.9. The lowest BCUT2D eigenvalue weighted by molar-refractivity contribution is -0.119. The Bertz CT molecular complexity index is 1080. The highest BCUT2D eigenvalue weighted by Crippen LogP contribution is 2.40. The average molecular weight is 489 g/mol. The molecule has 36 heavy (non-hydrogen) atoms. The average Bonchev–Trinajstić information content (AvgIpc) is 2.82. The molecule has 3 atom stereocenters. The van der Waals surface area contributed by atoms with Gasteiger partial charge in [-0.2, -0.15) is 0 Å². The molecule has 1 aliphatic heterocycles. The molecule has 0 bridgehead atoms. The molecule has 1 amide bonds. The molecule has 2 aromatic carbocycles. The van der Waals surface area contributed by atoms with E-state index in [2.05, 4.69) is 76.5 Å². The highest BCUT2D eigenvalue weighted by atomic mass is 16.3. The van der Waals surface area contributed by atoms with E-state index in [-0.39, 0.29) is 22.8 Å². The van der Waals surface area contributed by atoms with E-state index in [0.29, 0.717) is 11.8 Å². The summed E-state index contributed by atoms with van der Waals surface area (Å²) in [5.74, 6) is 1.19. The summed E-state index contributed by atoms with van der Waals surface area (Å²) in [6.07, 6.45) is 11.3. The summed E-state index contributed by atoms with van der Waals surface area (Å²) >= 11 is 0. The number of nitrogens with one attached hydrogen (secondary N) is 2. The van der Waals surface area contributed by atoms with Crippen LogP contribution in [0.3, 0.4) is 0 Å². The number of carbonyl (C=O) groups excluding carboxylic acids is 1. The summed E-state index contributed by atoms with van der Waals surface area (Å²) in [5.41, 5.74) is 4.38. The molecule has 1 heterocycles. The molecule has 0 radical (unpaired) electrons. The monoisotopic (exact) mass is 488 g/mol. The second-order valence-electron chi connectivity index (χ2n) is 12.8. The van der Waals surface area contributed by atoms with Crippen molar-refractivity contribution in [1.29, 1.82) is 0 Å². The molecule has 2 aliphatic rings. The molecule has 0 spiro atoms. The standard InChI is InChI=1S/C32H44N2O2/c1-31(2,3)24-19-21(20-25(29(24)35)32(4,5)6)15-16-22-11-8-10-14-27(22)34-30(36)28-18-17-23-12-7-9-13-26(23)33-28/h8,10-11,14-16,19-20,23,26,28,33,35H,7,9,12-13,17-18H2,1-6H3,(H,34,36)/t23-,26?,28+/m1/s1. The third-order valence-corrected chi connectivity index (χ3v) is 7.89. The quantitative estimate of drug-likeness (QED) is 0.393. The van der Waals surface area contributed by atoms with E-state index in [9.17, 15) is 9.90 Å². The van der Waals surface area contributed by atoms with Gasteiger partial charge >= 0.3 is 0 Å². The topological polar surface area (TPSA) is 61.4 Å². The van der Waals surface area contributed by atoms with Crippen molar-refractivity contribution in [3.8, 4) is 5.75 Å². The van der Waals surface area contributed by atoms with Crippen molar-refractivity contribution in [3.05, 3.63) is 58.7 Å². The molecule has 1 aliphatic carbocycles. The Balaban J connectivity index is 1.56. The first-order chi connectivity index (χ1) is 16.9. The van der Waals surface area contributed by atoms with Crippen LogP contribution in [0.25, 0.3) is 12.2 Å². The summed E-state index contributed by atoms with van der Waals surface area (Å²) in [6, 6.07) is 12.5. The Morgan fingerprint density at radius 2 is 1.56 bits per heavy atom. The maximum Gasteiger partial charge on any atom is 0.241 e. The van der Waals surface area contributed by atoms with E-state index in [1.807, 2.05) is 24.3 Å². The largest absolute Gasteiger partial charge is 0.507 e. The van der Waals surface area contributed by atoms with Gasteiger partial charge in [-0.1, -0.05) is 84.7 Å².